The van der Waals surface area contributed by atoms with Gasteiger partial charge in [0.2, 0.25) is 11.8 Å². The van der Waals surface area contributed by atoms with Gasteiger partial charge in [-0.3, -0.25) is 14.6 Å². The molecule has 1 saturated carbocycles. The predicted octanol–water partition coefficient (Wildman–Crippen LogP) is 3.11. The highest BCUT2D eigenvalue weighted by molar-refractivity contribution is 14.0. The van der Waals surface area contributed by atoms with Crippen LogP contribution in [0.5, 0.6) is 0 Å². The van der Waals surface area contributed by atoms with Gasteiger partial charge in [0.15, 0.2) is 5.96 Å². The smallest absolute Gasteiger partial charge is 0.225 e. The Kier molecular flexibility index (Phi) is 9.87. The lowest BCUT2D eigenvalue weighted by atomic mass is 9.88. The van der Waals surface area contributed by atoms with E-state index in [9.17, 15) is 9.59 Å². The monoisotopic (exact) mass is 527 g/mol. The van der Waals surface area contributed by atoms with Crippen molar-refractivity contribution >= 4 is 47.4 Å². The first-order valence-electron chi connectivity index (χ1n) is 10.7. The minimum Gasteiger partial charge on any atom is -0.352 e. The molecular weight excluding hydrogens is 493 g/mol. The van der Waals surface area contributed by atoms with Gasteiger partial charge in [0, 0.05) is 51.3 Å². The summed E-state index contributed by atoms with van der Waals surface area (Å²) in [5.74, 6) is 1.22. The fourth-order valence-electron chi connectivity index (χ4n) is 4.22. The van der Waals surface area contributed by atoms with Crippen LogP contribution in [-0.2, 0) is 16.1 Å². The lowest BCUT2D eigenvalue weighted by molar-refractivity contribution is -0.135. The van der Waals surface area contributed by atoms with E-state index in [2.05, 4.69) is 20.9 Å². The largest absolute Gasteiger partial charge is 0.352 e. The van der Waals surface area contributed by atoms with E-state index in [1.165, 1.54) is 26.2 Å². The highest BCUT2D eigenvalue weighted by Gasteiger charge is 2.31. The van der Waals surface area contributed by atoms with Crippen LogP contribution in [0.4, 0.5) is 5.69 Å². The molecule has 7 nitrogen and oxygen atoms in total. The van der Waals surface area contributed by atoms with Gasteiger partial charge in [-0.2, -0.15) is 0 Å². The molecule has 0 bridgehead atoms. The molecule has 1 heterocycles. The first kappa shape index (κ1) is 24.4. The van der Waals surface area contributed by atoms with Gasteiger partial charge in [0.1, 0.15) is 0 Å². The van der Waals surface area contributed by atoms with E-state index >= 15 is 0 Å². The second-order valence-corrected chi connectivity index (χ2v) is 8.06. The second-order valence-electron chi connectivity index (χ2n) is 8.06. The lowest BCUT2D eigenvalue weighted by Gasteiger charge is -2.26. The van der Waals surface area contributed by atoms with Gasteiger partial charge in [0.25, 0.3) is 0 Å². The van der Waals surface area contributed by atoms with Crippen molar-refractivity contribution in [2.24, 2.45) is 10.9 Å². The first-order chi connectivity index (χ1) is 14.0. The van der Waals surface area contributed by atoms with E-state index in [4.69, 9.17) is 0 Å². The summed E-state index contributed by atoms with van der Waals surface area (Å²) in [7, 11) is 1.75. The first-order valence-corrected chi connectivity index (χ1v) is 10.7. The number of guanidine groups is 1. The molecule has 8 heteroatoms. The van der Waals surface area contributed by atoms with Gasteiger partial charge < -0.3 is 20.9 Å². The fraction of sp³-hybridized carbons (Fsp3) is 0.591. The molecule has 1 unspecified atom stereocenters. The Morgan fingerprint density at radius 3 is 2.63 bits per heavy atom. The summed E-state index contributed by atoms with van der Waals surface area (Å²) in [5, 5.41) is 9.57. The Labute approximate surface area is 196 Å². The molecule has 2 aliphatic rings. The van der Waals surface area contributed by atoms with Crippen LogP contribution in [0.1, 0.15) is 51.0 Å². The van der Waals surface area contributed by atoms with Gasteiger partial charge in [0.05, 0.1) is 0 Å². The number of rotatable bonds is 5. The number of benzene rings is 1. The van der Waals surface area contributed by atoms with Crippen LogP contribution in [0.2, 0.25) is 0 Å². The van der Waals surface area contributed by atoms with Gasteiger partial charge in [-0.25, -0.2) is 0 Å². The van der Waals surface area contributed by atoms with E-state index in [1.54, 1.807) is 7.05 Å². The van der Waals surface area contributed by atoms with Crippen molar-refractivity contribution in [3.05, 3.63) is 29.8 Å². The molecule has 2 fully saturated rings. The van der Waals surface area contributed by atoms with Gasteiger partial charge in [-0.15, -0.1) is 24.0 Å². The zero-order valence-corrected chi connectivity index (χ0v) is 20.3. The summed E-state index contributed by atoms with van der Waals surface area (Å²) in [6, 6.07) is 7.96. The number of nitrogens with zero attached hydrogens (tertiary/aromatic N) is 2. The number of hydrogen-bond donors (Lipinski definition) is 3. The maximum absolute atomic E-state index is 12.7. The van der Waals surface area contributed by atoms with Crippen LogP contribution in [0.3, 0.4) is 0 Å². The average molecular weight is 527 g/mol. The maximum Gasteiger partial charge on any atom is 0.225 e. The molecule has 30 heavy (non-hydrogen) atoms. The third kappa shape index (κ3) is 7.14. The van der Waals surface area contributed by atoms with Crippen molar-refractivity contribution in [2.45, 2.75) is 58.0 Å². The van der Waals surface area contributed by atoms with Crippen molar-refractivity contribution < 1.29 is 9.59 Å². The molecule has 1 saturated heterocycles. The Balaban J connectivity index is 0.00000320. The second kappa shape index (κ2) is 12.1. The fourth-order valence-corrected chi connectivity index (χ4v) is 4.22. The zero-order valence-electron chi connectivity index (χ0n) is 17.9. The van der Waals surface area contributed by atoms with Gasteiger partial charge in [-0.1, -0.05) is 31.4 Å². The number of likely N-dealkylation sites (tertiary alicyclic amines) is 1. The van der Waals surface area contributed by atoms with E-state index < -0.39 is 0 Å². The summed E-state index contributed by atoms with van der Waals surface area (Å²) in [6.45, 7) is 3.67. The van der Waals surface area contributed by atoms with Crippen LogP contribution < -0.4 is 16.0 Å². The van der Waals surface area contributed by atoms with Crippen LogP contribution in [-0.4, -0.2) is 48.9 Å². The Bertz CT molecular complexity index is 749. The molecule has 3 N–H and O–H groups in total. The quantitative estimate of drug-likeness (QED) is 0.312. The standard InChI is InChI=1S/C22H33N5O2.HI/c1-16(28)25-19-10-6-7-17(13-19)14-24-22(23-2)26-20-11-12-27(15-20)21(29)18-8-4-3-5-9-18;/h6-7,10,13,18,20H,3-5,8-9,11-12,14-15H2,1-2H3,(H,25,28)(H2,23,24,26);1H. The molecule has 0 spiro atoms. The van der Waals surface area contributed by atoms with Crippen LogP contribution in [0.15, 0.2) is 29.3 Å². The molecule has 2 amide bonds. The lowest BCUT2D eigenvalue weighted by Crippen LogP contribution is -2.45. The molecular formula is C22H34IN5O2. The van der Waals surface area contributed by atoms with Gasteiger partial charge in [-0.05, 0) is 37.0 Å². The summed E-state index contributed by atoms with van der Waals surface area (Å²) < 4.78 is 0. The van der Waals surface area contributed by atoms with E-state index in [0.29, 0.717) is 12.5 Å². The molecule has 1 aliphatic carbocycles. The highest BCUT2D eigenvalue weighted by atomic mass is 127. The number of hydrogen-bond acceptors (Lipinski definition) is 3. The normalized spacial score (nSPS) is 19.7. The summed E-state index contributed by atoms with van der Waals surface area (Å²) >= 11 is 0. The van der Waals surface area contributed by atoms with Crippen molar-refractivity contribution in [1.29, 1.82) is 0 Å². The number of carbonyl (C=O) groups excluding carboxylic acids is 2. The summed E-state index contributed by atoms with van der Waals surface area (Å²) in [4.78, 5) is 30.3. The highest BCUT2D eigenvalue weighted by Crippen LogP contribution is 2.26. The Hall–Kier alpha value is -1.84. The Morgan fingerprint density at radius 2 is 1.93 bits per heavy atom. The average Bonchev–Trinajstić information content (AvgIpc) is 3.19. The van der Waals surface area contributed by atoms with Crippen molar-refractivity contribution in [3.63, 3.8) is 0 Å². The molecule has 0 aromatic heterocycles. The minimum atomic E-state index is -0.0823. The van der Waals surface area contributed by atoms with E-state index in [0.717, 1.165) is 49.6 Å². The van der Waals surface area contributed by atoms with Crippen molar-refractivity contribution in [2.75, 3.05) is 25.5 Å². The number of aliphatic imine (C=N–C) groups is 1. The van der Waals surface area contributed by atoms with Gasteiger partial charge >= 0.3 is 0 Å². The van der Waals surface area contributed by atoms with Crippen LogP contribution in [0.25, 0.3) is 0 Å². The number of anilines is 1. The van der Waals surface area contributed by atoms with Crippen molar-refractivity contribution in [1.82, 2.24) is 15.5 Å². The number of halogens is 1. The SMILES string of the molecule is CN=C(NCc1cccc(NC(C)=O)c1)NC1CCN(C(=O)C2CCCCC2)C1.I. The zero-order chi connectivity index (χ0) is 20.6. The van der Waals surface area contributed by atoms with E-state index in [-0.39, 0.29) is 41.8 Å². The molecule has 1 aromatic rings. The minimum absolute atomic E-state index is 0. The molecule has 3 rings (SSSR count). The maximum atomic E-state index is 12.7. The van der Waals surface area contributed by atoms with Crippen LogP contribution in [0, 0.1) is 5.92 Å². The summed E-state index contributed by atoms with van der Waals surface area (Å²) in [5.41, 5.74) is 1.84. The number of carbonyl (C=O) groups is 2. The third-order valence-electron chi connectivity index (χ3n) is 5.73. The topological polar surface area (TPSA) is 85.8 Å². The molecule has 166 valence electrons. The molecule has 1 aliphatic heterocycles. The third-order valence-corrected chi connectivity index (χ3v) is 5.73. The molecule has 1 atom stereocenters. The number of nitrogens with one attached hydrogen (secondary N) is 3. The molecule has 1 aromatic carbocycles. The van der Waals surface area contributed by atoms with Crippen molar-refractivity contribution in [3.8, 4) is 0 Å². The van der Waals surface area contributed by atoms with E-state index in [1.807, 2.05) is 29.2 Å². The predicted molar refractivity (Wildman–Crippen MR) is 131 cm³/mol. The summed E-state index contributed by atoms with van der Waals surface area (Å²) in [6.07, 6.45) is 6.68. The Morgan fingerprint density at radius 1 is 1.17 bits per heavy atom. The van der Waals surface area contributed by atoms with Crippen LogP contribution >= 0.6 is 24.0 Å². The number of amides is 2. The molecule has 0 radical (unpaired) electrons.